The van der Waals surface area contributed by atoms with E-state index in [-0.39, 0.29) is 0 Å². The third-order valence-corrected chi connectivity index (χ3v) is 3.84. The Morgan fingerprint density at radius 2 is 2.38 bits per heavy atom. The van der Waals surface area contributed by atoms with Crippen LogP contribution >= 0.6 is 11.3 Å². The van der Waals surface area contributed by atoms with Gasteiger partial charge in [-0.3, -0.25) is 0 Å². The first kappa shape index (κ1) is 11.3. The maximum Gasteiger partial charge on any atom is 0.213 e. The second-order valence-corrected chi connectivity index (χ2v) is 4.81. The topological polar surface area (TPSA) is 51.0 Å². The largest absolute Gasteiger partial charge is 0.343 e. The maximum atomic E-state index is 4.68. The number of nitrogens with one attached hydrogen (secondary N) is 1. The molecule has 0 bridgehead atoms. The summed E-state index contributed by atoms with van der Waals surface area (Å²) in [5.41, 5.74) is 0. The fraction of sp³-hybridized carbons (Fsp3) is 0.455. The molecule has 0 aliphatic heterocycles. The highest BCUT2D eigenvalue weighted by Crippen LogP contribution is 2.23. The predicted molar refractivity (Wildman–Crippen MR) is 63.2 cm³/mol. The lowest BCUT2D eigenvalue weighted by Gasteiger charge is -2.09. The van der Waals surface area contributed by atoms with Gasteiger partial charge in [0.2, 0.25) is 6.39 Å². The van der Waals surface area contributed by atoms with Crippen molar-refractivity contribution in [3.8, 4) is 0 Å². The van der Waals surface area contributed by atoms with E-state index in [0.29, 0.717) is 18.4 Å². The normalized spacial score (nSPS) is 12.9. The van der Waals surface area contributed by atoms with Gasteiger partial charge in [0.1, 0.15) is 0 Å². The van der Waals surface area contributed by atoms with Crippen molar-refractivity contribution in [1.29, 1.82) is 0 Å². The fourth-order valence-electron chi connectivity index (χ4n) is 1.43. The Labute approximate surface area is 98.7 Å². The van der Waals surface area contributed by atoms with Crippen LogP contribution in [-0.4, -0.2) is 10.1 Å². The van der Waals surface area contributed by atoms with Crippen LogP contribution in [0.5, 0.6) is 0 Å². The summed E-state index contributed by atoms with van der Waals surface area (Å²) in [6.07, 6.45) is 2.45. The summed E-state index contributed by atoms with van der Waals surface area (Å²) in [7, 11) is 0. The third-order valence-electron chi connectivity index (χ3n) is 2.43. The Morgan fingerprint density at radius 1 is 1.50 bits per heavy atom. The van der Waals surface area contributed by atoms with Crippen LogP contribution in [0, 0.1) is 0 Å². The van der Waals surface area contributed by atoms with Gasteiger partial charge >= 0.3 is 0 Å². The highest BCUT2D eigenvalue weighted by Gasteiger charge is 2.08. The van der Waals surface area contributed by atoms with E-state index >= 15 is 0 Å². The van der Waals surface area contributed by atoms with Gasteiger partial charge in [-0.2, -0.15) is 4.98 Å². The zero-order valence-electron chi connectivity index (χ0n) is 9.43. The zero-order valence-corrected chi connectivity index (χ0v) is 10.3. The van der Waals surface area contributed by atoms with Gasteiger partial charge < -0.3 is 9.84 Å². The van der Waals surface area contributed by atoms with Gasteiger partial charge in [-0.05, 0) is 25.5 Å². The summed E-state index contributed by atoms with van der Waals surface area (Å²) in [5, 5.41) is 7.12. The molecule has 0 saturated heterocycles. The highest BCUT2D eigenvalue weighted by atomic mass is 32.1. The van der Waals surface area contributed by atoms with Crippen LogP contribution in [0.2, 0.25) is 0 Å². The standard InChI is InChI=1S/C11H15N3OS/c1-3-9-4-5-10(16-9)8(2)12-6-11-13-7-15-14-11/h4-5,7-8,12H,3,6H2,1-2H3. The van der Waals surface area contributed by atoms with Crippen molar-refractivity contribution in [2.75, 3.05) is 0 Å². The molecule has 0 saturated carbocycles. The van der Waals surface area contributed by atoms with E-state index in [1.54, 1.807) is 0 Å². The summed E-state index contributed by atoms with van der Waals surface area (Å²) in [4.78, 5) is 6.73. The summed E-state index contributed by atoms with van der Waals surface area (Å²) >= 11 is 1.85. The Morgan fingerprint density at radius 3 is 3.00 bits per heavy atom. The average molecular weight is 237 g/mol. The summed E-state index contributed by atoms with van der Waals surface area (Å²) < 4.78 is 4.68. The second-order valence-electron chi connectivity index (χ2n) is 3.61. The lowest BCUT2D eigenvalue weighted by atomic mass is 10.2. The van der Waals surface area contributed by atoms with Crippen LogP contribution in [0.25, 0.3) is 0 Å². The number of nitrogens with zero attached hydrogens (tertiary/aromatic N) is 2. The quantitative estimate of drug-likeness (QED) is 0.868. The van der Waals surface area contributed by atoms with Crippen LogP contribution in [0.1, 0.15) is 35.5 Å². The number of aromatic nitrogens is 2. The molecule has 4 nitrogen and oxygen atoms in total. The Hall–Kier alpha value is -1.20. The molecule has 1 unspecified atom stereocenters. The molecule has 2 rings (SSSR count). The zero-order chi connectivity index (χ0) is 11.4. The first-order valence-electron chi connectivity index (χ1n) is 5.37. The van der Waals surface area contributed by atoms with Crippen LogP contribution < -0.4 is 5.32 Å². The molecule has 86 valence electrons. The van der Waals surface area contributed by atoms with Gasteiger partial charge in [-0.15, -0.1) is 11.3 Å². The molecule has 2 aromatic heterocycles. The number of thiophene rings is 1. The van der Waals surface area contributed by atoms with Crippen molar-refractivity contribution in [3.63, 3.8) is 0 Å². The maximum absolute atomic E-state index is 4.68. The Bertz CT molecular complexity index is 424. The van der Waals surface area contributed by atoms with Crippen molar-refractivity contribution >= 4 is 11.3 Å². The molecule has 0 aromatic carbocycles. The van der Waals surface area contributed by atoms with Gasteiger partial charge in [0, 0.05) is 15.8 Å². The van der Waals surface area contributed by atoms with E-state index in [4.69, 9.17) is 0 Å². The highest BCUT2D eigenvalue weighted by molar-refractivity contribution is 7.12. The molecule has 5 heteroatoms. The first-order chi connectivity index (χ1) is 7.79. The average Bonchev–Trinajstić information content (AvgIpc) is 2.96. The Balaban J connectivity index is 1.90. The van der Waals surface area contributed by atoms with Gasteiger partial charge in [0.25, 0.3) is 0 Å². The monoisotopic (exact) mass is 237 g/mol. The van der Waals surface area contributed by atoms with Gasteiger partial charge in [-0.25, -0.2) is 0 Å². The van der Waals surface area contributed by atoms with E-state index < -0.39 is 0 Å². The van der Waals surface area contributed by atoms with E-state index in [1.807, 2.05) is 11.3 Å². The summed E-state index contributed by atoms with van der Waals surface area (Å²) in [5.74, 6) is 0.694. The van der Waals surface area contributed by atoms with Crippen molar-refractivity contribution in [2.24, 2.45) is 0 Å². The molecule has 0 amide bonds. The van der Waals surface area contributed by atoms with Crippen LogP contribution in [0.4, 0.5) is 0 Å². The van der Waals surface area contributed by atoms with E-state index in [9.17, 15) is 0 Å². The van der Waals surface area contributed by atoms with Crippen LogP contribution in [0.3, 0.4) is 0 Å². The number of aryl methyl sites for hydroxylation is 1. The number of rotatable bonds is 5. The molecule has 1 atom stereocenters. The fourth-order valence-corrected chi connectivity index (χ4v) is 2.41. The third kappa shape index (κ3) is 2.68. The second kappa shape index (κ2) is 5.23. The molecule has 0 spiro atoms. The Kier molecular flexibility index (Phi) is 3.69. The van der Waals surface area contributed by atoms with Crippen LogP contribution in [0.15, 0.2) is 23.0 Å². The molecule has 2 heterocycles. The number of hydrogen-bond donors (Lipinski definition) is 1. The summed E-state index contributed by atoms with van der Waals surface area (Å²) in [6, 6.07) is 4.69. The number of hydrogen-bond acceptors (Lipinski definition) is 5. The lowest BCUT2D eigenvalue weighted by Crippen LogP contribution is -2.17. The summed E-state index contributed by atoms with van der Waals surface area (Å²) in [6.45, 7) is 4.95. The van der Waals surface area contributed by atoms with Gasteiger partial charge in [0.05, 0.1) is 6.54 Å². The molecule has 0 radical (unpaired) electrons. The molecule has 1 N–H and O–H groups in total. The molecule has 2 aromatic rings. The molecule has 0 aliphatic rings. The molecular weight excluding hydrogens is 222 g/mol. The first-order valence-corrected chi connectivity index (χ1v) is 6.18. The molecular formula is C11H15N3OS. The minimum absolute atomic E-state index is 0.323. The SMILES string of the molecule is CCc1ccc(C(C)NCc2ncon2)s1. The van der Waals surface area contributed by atoms with Crippen LogP contribution in [-0.2, 0) is 13.0 Å². The smallest absolute Gasteiger partial charge is 0.213 e. The molecule has 0 fully saturated rings. The van der Waals surface area contributed by atoms with Crippen molar-refractivity contribution in [2.45, 2.75) is 32.9 Å². The van der Waals surface area contributed by atoms with E-state index in [1.165, 1.54) is 16.1 Å². The van der Waals surface area contributed by atoms with Crippen molar-refractivity contribution in [1.82, 2.24) is 15.5 Å². The molecule has 0 aliphatic carbocycles. The minimum atomic E-state index is 0.323. The van der Waals surface area contributed by atoms with E-state index in [0.717, 1.165) is 6.42 Å². The van der Waals surface area contributed by atoms with Gasteiger partial charge in [0.15, 0.2) is 5.82 Å². The van der Waals surface area contributed by atoms with Crippen molar-refractivity contribution in [3.05, 3.63) is 34.1 Å². The van der Waals surface area contributed by atoms with Gasteiger partial charge in [-0.1, -0.05) is 12.1 Å². The minimum Gasteiger partial charge on any atom is -0.343 e. The predicted octanol–water partition coefficient (Wildman–Crippen LogP) is 2.54. The van der Waals surface area contributed by atoms with Crippen molar-refractivity contribution < 1.29 is 4.52 Å². The van der Waals surface area contributed by atoms with E-state index in [2.05, 4.69) is 46.0 Å². The molecule has 16 heavy (non-hydrogen) atoms. The lowest BCUT2D eigenvalue weighted by molar-refractivity contribution is 0.405.